The molecular weight excluding hydrogens is 737 g/mol. The first-order chi connectivity index (χ1) is 27.0. The third-order valence-electron chi connectivity index (χ3n) is 18.3. The van der Waals surface area contributed by atoms with E-state index in [1.54, 1.807) is 19.4 Å². The SMILES string of the molecule is COc1ccnc(OCCC2(C(=O)O)CC=C(C3=CC[C@@]4(C)C(CC[C@]5(C)C4CC[C@@H]4[C@H]6CCC[C@]6(NCCN6CCS(=O)(=O)CC6)CC[C@]45C)C3(C)C)CC2)n1. The Hall–Kier alpha value is -2.50. The van der Waals surface area contributed by atoms with Crippen molar-refractivity contribution in [1.29, 1.82) is 0 Å². The maximum atomic E-state index is 12.8. The predicted molar refractivity (Wildman–Crippen MR) is 223 cm³/mol. The molecule has 316 valence electrons. The Morgan fingerprint density at radius 1 is 0.930 bits per heavy atom. The molecule has 2 N–H and O–H groups in total. The lowest BCUT2D eigenvalue weighted by Gasteiger charge is -2.72. The van der Waals surface area contributed by atoms with Crippen molar-refractivity contribution in [2.24, 2.45) is 50.7 Å². The highest BCUT2D eigenvalue weighted by Crippen LogP contribution is 2.76. The molecule has 0 spiro atoms. The average Bonchev–Trinajstić information content (AvgIpc) is 3.60. The summed E-state index contributed by atoms with van der Waals surface area (Å²) in [5.74, 6) is 3.04. The molecule has 6 aliphatic carbocycles. The van der Waals surface area contributed by atoms with E-state index in [0.717, 1.165) is 37.8 Å². The van der Waals surface area contributed by atoms with Crippen molar-refractivity contribution in [2.75, 3.05) is 51.4 Å². The largest absolute Gasteiger partial charge is 0.481 e. The lowest BCUT2D eigenvalue weighted by molar-refractivity contribution is -0.218. The molecule has 7 aliphatic rings. The van der Waals surface area contributed by atoms with E-state index in [2.05, 4.69) is 67.0 Å². The van der Waals surface area contributed by atoms with Gasteiger partial charge in [0.2, 0.25) is 5.88 Å². The summed E-state index contributed by atoms with van der Waals surface area (Å²) in [6, 6.07) is 1.87. The summed E-state index contributed by atoms with van der Waals surface area (Å²) in [6.45, 7) is 16.6. The van der Waals surface area contributed by atoms with E-state index in [9.17, 15) is 18.3 Å². The molecule has 1 saturated heterocycles. The first-order valence-electron chi connectivity index (χ1n) is 22.3. The van der Waals surface area contributed by atoms with E-state index in [0.29, 0.717) is 72.4 Å². The minimum absolute atomic E-state index is 0.0175. The van der Waals surface area contributed by atoms with Crippen LogP contribution in [0.1, 0.15) is 125 Å². The number of methoxy groups -OCH3 is 1. The number of fused-ring (bicyclic) bond motifs is 7. The number of hydrogen-bond donors (Lipinski definition) is 2. The van der Waals surface area contributed by atoms with E-state index in [1.165, 1.54) is 68.9 Å². The van der Waals surface area contributed by atoms with Crippen molar-refractivity contribution in [3.05, 3.63) is 35.6 Å². The topological polar surface area (TPSA) is 131 Å². The average molecular weight is 807 g/mol. The number of rotatable bonds is 11. The zero-order chi connectivity index (χ0) is 40.5. The van der Waals surface area contributed by atoms with Gasteiger partial charge in [0, 0.05) is 44.0 Å². The molecular formula is C46H70N4O6S. The lowest BCUT2D eigenvalue weighted by Crippen LogP contribution is -2.67. The van der Waals surface area contributed by atoms with Crippen LogP contribution < -0.4 is 14.8 Å². The highest BCUT2D eigenvalue weighted by Gasteiger charge is 2.69. The zero-order valence-electron chi connectivity index (χ0n) is 35.7. The summed E-state index contributed by atoms with van der Waals surface area (Å²) >= 11 is 0. The number of aromatic nitrogens is 2. The van der Waals surface area contributed by atoms with Gasteiger partial charge in [0.1, 0.15) is 0 Å². The molecule has 9 atom stereocenters. The van der Waals surface area contributed by atoms with Crippen molar-refractivity contribution in [2.45, 2.75) is 130 Å². The Morgan fingerprint density at radius 2 is 1.72 bits per heavy atom. The van der Waals surface area contributed by atoms with Crippen LogP contribution in [-0.2, 0) is 14.6 Å². The van der Waals surface area contributed by atoms with E-state index >= 15 is 0 Å². The number of hydrogen-bond acceptors (Lipinski definition) is 9. The van der Waals surface area contributed by atoms with E-state index in [4.69, 9.17) is 9.47 Å². The Labute approximate surface area is 342 Å². The molecule has 1 aromatic heterocycles. The van der Waals surface area contributed by atoms with Gasteiger partial charge in [-0.25, -0.2) is 13.4 Å². The Balaban J connectivity index is 0.953. The molecule has 0 amide bonds. The fourth-order valence-corrected chi connectivity index (χ4v) is 16.3. The number of carboxylic acid groups (broad SMARTS) is 1. The second-order valence-electron chi connectivity index (χ2n) is 20.8. The van der Waals surface area contributed by atoms with Crippen molar-refractivity contribution >= 4 is 15.8 Å². The Bertz CT molecular complexity index is 1870. The minimum atomic E-state index is -2.85. The van der Waals surface area contributed by atoms with Gasteiger partial charge >= 0.3 is 12.0 Å². The van der Waals surface area contributed by atoms with Crippen LogP contribution in [0.2, 0.25) is 0 Å². The Kier molecular flexibility index (Phi) is 10.8. The predicted octanol–water partition coefficient (Wildman–Crippen LogP) is 7.90. The van der Waals surface area contributed by atoms with Crippen molar-refractivity contribution in [1.82, 2.24) is 20.2 Å². The summed E-state index contributed by atoms with van der Waals surface area (Å²) in [5, 5.41) is 14.7. The molecule has 1 aliphatic heterocycles. The van der Waals surface area contributed by atoms with Crippen LogP contribution in [0.15, 0.2) is 35.6 Å². The van der Waals surface area contributed by atoms with Crippen molar-refractivity contribution in [3.63, 3.8) is 0 Å². The summed E-state index contributed by atoms with van der Waals surface area (Å²) in [4.78, 5) is 23.5. The summed E-state index contributed by atoms with van der Waals surface area (Å²) < 4.78 is 35.0. The monoisotopic (exact) mass is 807 g/mol. The lowest BCUT2D eigenvalue weighted by atomic mass is 9.33. The van der Waals surface area contributed by atoms with Gasteiger partial charge in [0.15, 0.2) is 9.84 Å². The van der Waals surface area contributed by atoms with Gasteiger partial charge in [0.05, 0.1) is 30.6 Å². The number of ether oxygens (including phenoxy) is 2. The molecule has 0 bridgehead atoms. The van der Waals surface area contributed by atoms with Crippen molar-refractivity contribution in [3.8, 4) is 11.9 Å². The highest BCUT2D eigenvalue weighted by molar-refractivity contribution is 7.91. The molecule has 0 aromatic carbocycles. The molecule has 11 heteroatoms. The molecule has 5 fully saturated rings. The minimum Gasteiger partial charge on any atom is -0.481 e. The van der Waals surface area contributed by atoms with E-state index in [-0.39, 0.29) is 29.0 Å². The smallest absolute Gasteiger partial charge is 0.319 e. The number of sulfone groups is 1. The quantitative estimate of drug-likeness (QED) is 0.228. The molecule has 3 unspecified atom stereocenters. The van der Waals surface area contributed by atoms with Crippen LogP contribution in [0, 0.1) is 50.7 Å². The van der Waals surface area contributed by atoms with Crippen LogP contribution in [0.5, 0.6) is 11.9 Å². The molecule has 2 heterocycles. The molecule has 57 heavy (non-hydrogen) atoms. The zero-order valence-corrected chi connectivity index (χ0v) is 36.5. The third-order valence-corrected chi connectivity index (χ3v) is 19.9. The van der Waals surface area contributed by atoms with Gasteiger partial charge in [-0.05, 0) is 140 Å². The fourth-order valence-electron chi connectivity index (χ4n) is 15.0. The standard InChI is InChI=1S/C46H70N4O6S/c1-41(2)33(32-11-19-45(20-12-32,39(51)52)23-29-56-40-47-24-15-38(49-40)55-6)13-17-42(3)36(41)14-18-44(5)37(42)10-9-34-35-8-7-16-46(35,22-21-43(34,44)4)48-25-26-50-27-30-57(53,54)31-28-50/h11,13,15,24,34-37,48H,7-10,12,14,16-23,25-31H2,1-6H3,(H,51,52)/t34-,35-,36?,37?,42+,43-,44-,45?,46+/m1/s1. The molecule has 0 radical (unpaired) electrons. The van der Waals surface area contributed by atoms with Gasteiger partial charge in [-0.2, -0.15) is 4.98 Å². The van der Waals surface area contributed by atoms with E-state index in [1.807, 2.05) is 0 Å². The van der Waals surface area contributed by atoms with Gasteiger partial charge in [0.25, 0.3) is 0 Å². The third kappa shape index (κ3) is 6.89. The summed E-state index contributed by atoms with van der Waals surface area (Å²) in [7, 11) is -1.30. The molecule has 1 aromatic rings. The summed E-state index contributed by atoms with van der Waals surface area (Å²) in [6.07, 6.45) is 21.6. The summed E-state index contributed by atoms with van der Waals surface area (Å²) in [5.41, 5.74) is 3.10. The van der Waals surface area contributed by atoms with Crippen LogP contribution in [-0.4, -0.2) is 91.3 Å². The number of nitrogens with one attached hydrogen (secondary N) is 1. The number of aliphatic carboxylic acids is 1. The van der Waals surface area contributed by atoms with Gasteiger partial charge < -0.3 is 24.8 Å². The normalized spacial score (nSPS) is 41.0. The second-order valence-corrected chi connectivity index (χ2v) is 23.1. The van der Waals surface area contributed by atoms with Gasteiger partial charge in [-0.3, -0.25) is 4.79 Å². The number of nitrogens with zero attached hydrogens (tertiary/aromatic N) is 3. The highest BCUT2D eigenvalue weighted by atomic mass is 32.2. The number of carboxylic acids is 1. The second kappa shape index (κ2) is 14.9. The van der Waals surface area contributed by atoms with Crippen LogP contribution in [0.25, 0.3) is 0 Å². The maximum absolute atomic E-state index is 12.8. The van der Waals surface area contributed by atoms with Crippen molar-refractivity contribution < 1.29 is 27.8 Å². The maximum Gasteiger partial charge on any atom is 0.319 e. The molecule has 10 nitrogen and oxygen atoms in total. The van der Waals surface area contributed by atoms with Crippen LogP contribution >= 0.6 is 0 Å². The number of allylic oxidation sites excluding steroid dienone is 4. The first kappa shape index (κ1) is 41.2. The number of carbonyl (C=O) groups is 1. The fraction of sp³-hybridized carbons (Fsp3) is 0.804. The Morgan fingerprint density at radius 3 is 2.44 bits per heavy atom. The van der Waals surface area contributed by atoms with Crippen LogP contribution in [0.4, 0.5) is 0 Å². The van der Waals surface area contributed by atoms with Gasteiger partial charge in [-0.1, -0.05) is 53.2 Å². The molecule has 4 saturated carbocycles. The van der Waals surface area contributed by atoms with E-state index < -0.39 is 21.2 Å². The van der Waals surface area contributed by atoms with Crippen LogP contribution in [0.3, 0.4) is 0 Å². The van der Waals surface area contributed by atoms with Gasteiger partial charge in [-0.15, -0.1) is 0 Å². The first-order valence-corrected chi connectivity index (χ1v) is 24.1. The molecule has 8 rings (SSSR count).